The van der Waals surface area contributed by atoms with Crippen LogP contribution in [0.1, 0.15) is 29.3 Å². The lowest BCUT2D eigenvalue weighted by Gasteiger charge is -2.11. The number of anilines is 1. The van der Waals surface area contributed by atoms with Gasteiger partial charge in [-0.05, 0) is 43.2 Å². The first kappa shape index (κ1) is 20.0. The maximum absolute atomic E-state index is 12.2. The van der Waals surface area contributed by atoms with Crippen LogP contribution >= 0.6 is 0 Å². The Morgan fingerprint density at radius 3 is 2.41 bits per heavy atom. The van der Waals surface area contributed by atoms with Gasteiger partial charge in [-0.3, -0.25) is 14.4 Å². The number of para-hydroxylation sites is 1. The van der Waals surface area contributed by atoms with Crippen LogP contribution in [-0.4, -0.2) is 36.0 Å². The summed E-state index contributed by atoms with van der Waals surface area (Å²) in [6.45, 7) is 2.09. The van der Waals surface area contributed by atoms with Gasteiger partial charge in [-0.1, -0.05) is 24.3 Å². The Morgan fingerprint density at radius 2 is 1.74 bits per heavy atom. The minimum Gasteiger partial charge on any atom is -0.493 e. The van der Waals surface area contributed by atoms with Crippen LogP contribution in [0.15, 0.2) is 48.5 Å². The fourth-order valence-corrected chi connectivity index (χ4v) is 2.40. The molecule has 0 aliphatic rings. The van der Waals surface area contributed by atoms with Crippen LogP contribution in [0.5, 0.6) is 5.75 Å². The van der Waals surface area contributed by atoms with Gasteiger partial charge < -0.3 is 20.5 Å². The van der Waals surface area contributed by atoms with Crippen molar-refractivity contribution in [3.8, 4) is 5.75 Å². The molecule has 0 atom stereocenters. The number of ether oxygens (including phenoxy) is 1. The first-order valence-electron chi connectivity index (χ1n) is 8.60. The largest absolute Gasteiger partial charge is 0.493 e. The Balaban J connectivity index is 1.85. The minimum absolute atomic E-state index is 0.0565. The number of aliphatic carboxylic acids is 1. The van der Waals surface area contributed by atoms with E-state index in [4.69, 9.17) is 9.84 Å². The van der Waals surface area contributed by atoms with E-state index in [1.807, 2.05) is 6.92 Å². The van der Waals surface area contributed by atoms with Crippen molar-refractivity contribution in [3.05, 3.63) is 59.7 Å². The second-order valence-electron chi connectivity index (χ2n) is 5.75. The van der Waals surface area contributed by atoms with Gasteiger partial charge in [0.1, 0.15) is 5.75 Å². The predicted octanol–water partition coefficient (Wildman–Crippen LogP) is 2.47. The average molecular weight is 370 g/mol. The van der Waals surface area contributed by atoms with E-state index in [0.29, 0.717) is 30.0 Å². The van der Waals surface area contributed by atoms with Crippen LogP contribution < -0.4 is 15.4 Å². The molecule has 142 valence electrons. The van der Waals surface area contributed by atoms with Crippen molar-refractivity contribution in [3.63, 3.8) is 0 Å². The molecule has 2 amide bonds. The topological polar surface area (TPSA) is 105 Å². The third kappa shape index (κ3) is 6.47. The Hall–Kier alpha value is -3.35. The number of hydrogen-bond acceptors (Lipinski definition) is 4. The van der Waals surface area contributed by atoms with E-state index < -0.39 is 11.9 Å². The number of carboxylic acids is 1. The van der Waals surface area contributed by atoms with Gasteiger partial charge in [0.05, 0.1) is 18.7 Å². The van der Waals surface area contributed by atoms with Crippen LogP contribution in [0.2, 0.25) is 0 Å². The van der Waals surface area contributed by atoms with E-state index in [1.54, 1.807) is 48.5 Å². The monoisotopic (exact) mass is 370 g/mol. The molecule has 0 saturated carbocycles. The van der Waals surface area contributed by atoms with Crippen molar-refractivity contribution in [2.45, 2.75) is 19.8 Å². The maximum Gasteiger partial charge on any atom is 0.303 e. The molecule has 0 bridgehead atoms. The minimum atomic E-state index is -0.853. The molecule has 2 aromatic rings. The molecule has 7 heteroatoms. The molecule has 0 unspecified atom stereocenters. The molecular weight excluding hydrogens is 348 g/mol. The first-order valence-corrected chi connectivity index (χ1v) is 8.60. The van der Waals surface area contributed by atoms with Crippen LogP contribution in [0.3, 0.4) is 0 Å². The fourth-order valence-electron chi connectivity index (χ4n) is 2.40. The number of nitrogens with one attached hydrogen (secondary N) is 2. The number of carbonyl (C=O) groups is 3. The number of amides is 2. The van der Waals surface area contributed by atoms with Crippen molar-refractivity contribution >= 4 is 23.5 Å². The highest BCUT2D eigenvalue weighted by Gasteiger charge is 2.13. The molecule has 0 heterocycles. The van der Waals surface area contributed by atoms with E-state index >= 15 is 0 Å². The molecule has 2 aromatic carbocycles. The summed E-state index contributed by atoms with van der Waals surface area (Å²) in [5.74, 6) is -1.14. The van der Waals surface area contributed by atoms with Gasteiger partial charge >= 0.3 is 5.97 Å². The quantitative estimate of drug-likeness (QED) is 0.629. The Kier molecular flexibility index (Phi) is 7.37. The van der Waals surface area contributed by atoms with Gasteiger partial charge in [0.25, 0.3) is 5.91 Å². The number of hydrogen-bond donors (Lipinski definition) is 3. The summed E-state index contributed by atoms with van der Waals surface area (Å²) < 4.78 is 5.41. The first-order chi connectivity index (χ1) is 13.0. The zero-order valence-electron chi connectivity index (χ0n) is 15.0. The Morgan fingerprint density at radius 1 is 1.04 bits per heavy atom. The third-order valence-corrected chi connectivity index (χ3v) is 3.71. The van der Waals surface area contributed by atoms with E-state index in [0.717, 1.165) is 5.56 Å². The van der Waals surface area contributed by atoms with Crippen molar-refractivity contribution in [2.24, 2.45) is 0 Å². The average Bonchev–Trinajstić information content (AvgIpc) is 2.66. The molecule has 0 radical (unpaired) electrons. The lowest BCUT2D eigenvalue weighted by molar-refractivity contribution is -0.137. The predicted molar refractivity (Wildman–Crippen MR) is 101 cm³/mol. The highest BCUT2D eigenvalue weighted by Crippen LogP contribution is 2.17. The van der Waals surface area contributed by atoms with E-state index in [-0.39, 0.29) is 18.9 Å². The molecule has 2 rings (SSSR count). The van der Waals surface area contributed by atoms with Crippen LogP contribution in [0.4, 0.5) is 5.69 Å². The van der Waals surface area contributed by atoms with Crippen molar-refractivity contribution in [1.82, 2.24) is 5.32 Å². The lowest BCUT2D eigenvalue weighted by atomic mass is 10.1. The number of carbonyl (C=O) groups excluding carboxylic acids is 2. The standard InChI is InChI=1S/C20H22N2O5/c1-2-27-17-6-4-3-5-16(17)20(26)21-13-18(23)22-15-10-7-14(8-11-15)9-12-19(24)25/h3-8,10-11H,2,9,12-13H2,1H3,(H,21,26)(H,22,23)(H,24,25). The molecule has 0 fully saturated rings. The zero-order chi connectivity index (χ0) is 19.6. The summed E-state index contributed by atoms with van der Waals surface area (Å²) in [5, 5.41) is 13.9. The normalized spacial score (nSPS) is 10.1. The van der Waals surface area contributed by atoms with E-state index in [9.17, 15) is 14.4 Å². The van der Waals surface area contributed by atoms with Gasteiger partial charge in [0.15, 0.2) is 0 Å². The highest BCUT2D eigenvalue weighted by molar-refractivity contribution is 6.00. The lowest BCUT2D eigenvalue weighted by Crippen LogP contribution is -2.33. The number of benzene rings is 2. The molecule has 27 heavy (non-hydrogen) atoms. The second-order valence-corrected chi connectivity index (χ2v) is 5.75. The smallest absolute Gasteiger partial charge is 0.303 e. The van der Waals surface area contributed by atoms with Gasteiger partial charge in [0, 0.05) is 12.1 Å². The highest BCUT2D eigenvalue weighted by atomic mass is 16.5. The molecular formula is C20H22N2O5. The summed E-state index contributed by atoms with van der Waals surface area (Å²) in [7, 11) is 0. The summed E-state index contributed by atoms with van der Waals surface area (Å²) in [6, 6.07) is 13.7. The van der Waals surface area contributed by atoms with Gasteiger partial charge in [-0.2, -0.15) is 0 Å². The van der Waals surface area contributed by atoms with Crippen LogP contribution in [0, 0.1) is 0 Å². The Labute approximate surface area is 157 Å². The number of rotatable bonds is 9. The molecule has 0 aliphatic heterocycles. The van der Waals surface area contributed by atoms with Gasteiger partial charge in [-0.15, -0.1) is 0 Å². The molecule has 7 nitrogen and oxygen atoms in total. The molecule has 0 saturated heterocycles. The maximum atomic E-state index is 12.2. The Bertz CT molecular complexity index is 802. The fraction of sp³-hybridized carbons (Fsp3) is 0.250. The zero-order valence-corrected chi connectivity index (χ0v) is 15.0. The number of aryl methyl sites for hydroxylation is 1. The summed E-state index contributed by atoms with van der Waals surface area (Å²) >= 11 is 0. The number of carboxylic acid groups (broad SMARTS) is 1. The second kappa shape index (κ2) is 9.96. The summed E-state index contributed by atoms with van der Waals surface area (Å²) in [6.07, 6.45) is 0.486. The summed E-state index contributed by atoms with van der Waals surface area (Å²) in [4.78, 5) is 34.8. The van der Waals surface area contributed by atoms with Crippen molar-refractivity contribution in [1.29, 1.82) is 0 Å². The van der Waals surface area contributed by atoms with E-state index in [2.05, 4.69) is 10.6 Å². The third-order valence-electron chi connectivity index (χ3n) is 3.71. The molecule has 3 N–H and O–H groups in total. The van der Waals surface area contributed by atoms with Crippen LogP contribution in [0.25, 0.3) is 0 Å². The molecule has 0 aliphatic carbocycles. The van der Waals surface area contributed by atoms with Gasteiger partial charge in [0.2, 0.25) is 5.91 Å². The SMILES string of the molecule is CCOc1ccccc1C(=O)NCC(=O)Nc1ccc(CCC(=O)O)cc1. The van der Waals surface area contributed by atoms with Crippen molar-refractivity contribution in [2.75, 3.05) is 18.5 Å². The molecule has 0 aromatic heterocycles. The van der Waals surface area contributed by atoms with Gasteiger partial charge in [-0.25, -0.2) is 0 Å². The molecule has 0 spiro atoms. The van der Waals surface area contributed by atoms with E-state index in [1.165, 1.54) is 0 Å². The summed E-state index contributed by atoms with van der Waals surface area (Å²) in [5.41, 5.74) is 1.81. The van der Waals surface area contributed by atoms with Crippen molar-refractivity contribution < 1.29 is 24.2 Å². The van der Waals surface area contributed by atoms with Crippen LogP contribution in [-0.2, 0) is 16.0 Å².